The van der Waals surface area contributed by atoms with Crippen LogP contribution in [0.3, 0.4) is 0 Å². The van der Waals surface area contributed by atoms with Crippen molar-refractivity contribution in [1.82, 2.24) is 20.1 Å². The summed E-state index contributed by atoms with van der Waals surface area (Å²) in [6.45, 7) is 1.56. The lowest BCUT2D eigenvalue weighted by atomic mass is 10.1. The molecule has 6 nitrogen and oxygen atoms in total. The topological polar surface area (TPSA) is 71.8 Å². The number of hydrogen-bond donors (Lipinski definition) is 2. The maximum Gasteiger partial charge on any atom is 0.257 e. The Morgan fingerprint density at radius 3 is 3.00 bits per heavy atom. The average molecular weight is 382 g/mol. The Bertz CT molecular complexity index is 955. The number of anilines is 1. The largest absolute Gasteiger partial charge is 0.322 e. The molecule has 4 rings (SSSR count). The normalized spacial score (nSPS) is 16.0. The first-order chi connectivity index (χ1) is 13.2. The van der Waals surface area contributed by atoms with Gasteiger partial charge in [0.05, 0.1) is 17.1 Å². The molecular formula is C20H20ClN5O. The highest BCUT2D eigenvalue weighted by molar-refractivity contribution is 6.34. The lowest BCUT2D eigenvalue weighted by Gasteiger charge is -2.23. The third kappa shape index (κ3) is 4.18. The van der Waals surface area contributed by atoms with Crippen LogP contribution < -0.4 is 10.6 Å². The minimum Gasteiger partial charge on any atom is -0.322 e. The fraction of sp³-hybridized carbons (Fsp3) is 0.250. The van der Waals surface area contributed by atoms with Crippen molar-refractivity contribution in [2.75, 3.05) is 5.32 Å². The molecule has 2 heterocycles. The number of aromatic nitrogens is 3. The molecular weight excluding hydrogens is 362 g/mol. The third-order valence-corrected chi connectivity index (χ3v) is 5.03. The molecule has 0 radical (unpaired) electrons. The lowest BCUT2D eigenvalue weighted by molar-refractivity contribution is 0.102. The molecule has 0 saturated carbocycles. The summed E-state index contributed by atoms with van der Waals surface area (Å²) in [5.74, 6) is 0.842. The first-order valence-electron chi connectivity index (χ1n) is 8.94. The smallest absolute Gasteiger partial charge is 0.257 e. The first-order valence-corrected chi connectivity index (χ1v) is 9.32. The molecule has 2 N–H and O–H groups in total. The van der Waals surface area contributed by atoms with Gasteiger partial charge >= 0.3 is 0 Å². The van der Waals surface area contributed by atoms with Crippen molar-refractivity contribution in [3.63, 3.8) is 0 Å². The molecule has 1 atom stereocenters. The highest BCUT2D eigenvalue weighted by Gasteiger charge is 2.19. The summed E-state index contributed by atoms with van der Waals surface area (Å²) in [5, 5.41) is 11.2. The molecule has 1 amide bonds. The number of benzene rings is 2. The summed E-state index contributed by atoms with van der Waals surface area (Å²) in [6.07, 6.45) is 3.59. The standard InChI is InChI=1S/C20H20ClN5O/c21-18-7-2-1-6-17(18)20(27)25-15-5-3-4-14(10-15)11-22-16-8-9-19-23-13-24-26(19)12-16/h1-7,10,13,16,22H,8-9,11-12H2,(H,25,27). The summed E-state index contributed by atoms with van der Waals surface area (Å²) in [5.41, 5.74) is 2.33. The Hall–Kier alpha value is -2.70. The van der Waals surface area contributed by atoms with E-state index in [1.807, 2.05) is 28.9 Å². The van der Waals surface area contributed by atoms with Crippen molar-refractivity contribution in [3.05, 3.63) is 76.8 Å². The predicted molar refractivity (Wildman–Crippen MR) is 105 cm³/mol. The van der Waals surface area contributed by atoms with E-state index in [-0.39, 0.29) is 5.91 Å². The number of fused-ring (bicyclic) bond motifs is 1. The van der Waals surface area contributed by atoms with E-state index in [4.69, 9.17) is 11.6 Å². The summed E-state index contributed by atoms with van der Waals surface area (Å²) in [4.78, 5) is 16.7. The molecule has 7 heteroatoms. The van der Waals surface area contributed by atoms with Crippen LogP contribution in [0.15, 0.2) is 54.9 Å². The molecule has 0 bridgehead atoms. The van der Waals surface area contributed by atoms with Crippen molar-refractivity contribution in [2.24, 2.45) is 0 Å². The molecule has 138 valence electrons. The Morgan fingerprint density at radius 1 is 1.22 bits per heavy atom. The summed E-state index contributed by atoms with van der Waals surface area (Å²) in [6, 6.07) is 15.2. The number of amides is 1. The second-order valence-electron chi connectivity index (χ2n) is 6.61. The molecule has 1 aliphatic rings. The minimum absolute atomic E-state index is 0.211. The average Bonchev–Trinajstić information content (AvgIpc) is 3.15. The minimum atomic E-state index is -0.211. The number of nitrogens with zero attached hydrogens (tertiary/aromatic N) is 3. The maximum absolute atomic E-state index is 12.4. The molecule has 1 aliphatic heterocycles. The van der Waals surface area contributed by atoms with Crippen LogP contribution >= 0.6 is 11.6 Å². The summed E-state index contributed by atoms with van der Waals surface area (Å²) in [7, 11) is 0. The van der Waals surface area contributed by atoms with Crippen LogP contribution in [0.4, 0.5) is 5.69 Å². The van der Waals surface area contributed by atoms with Crippen LogP contribution in [0.25, 0.3) is 0 Å². The van der Waals surface area contributed by atoms with Gasteiger partial charge in [0.25, 0.3) is 5.91 Å². The van der Waals surface area contributed by atoms with Crippen LogP contribution in [-0.4, -0.2) is 26.7 Å². The second-order valence-corrected chi connectivity index (χ2v) is 7.02. The Labute approximate surface area is 162 Å². The zero-order valence-corrected chi connectivity index (χ0v) is 15.5. The summed E-state index contributed by atoms with van der Waals surface area (Å²) < 4.78 is 1.96. The zero-order valence-electron chi connectivity index (χ0n) is 14.7. The van der Waals surface area contributed by atoms with Crippen molar-refractivity contribution in [3.8, 4) is 0 Å². The van der Waals surface area contributed by atoms with Crippen LogP contribution in [0, 0.1) is 0 Å². The molecule has 3 aromatic rings. The molecule has 1 aromatic heterocycles. The number of nitrogens with one attached hydrogen (secondary N) is 2. The molecule has 0 saturated heterocycles. The van der Waals surface area contributed by atoms with Gasteiger partial charge in [0.2, 0.25) is 0 Å². The summed E-state index contributed by atoms with van der Waals surface area (Å²) >= 11 is 6.10. The van der Waals surface area contributed by atoms with Crippen molar-refractivity contribution < 1.29 is 4.79 Å². The highest BCUT2D eigenvalue weighted by atomic mass is 35.5. The van der Waals surface area contributed by atoms with Gasteiger partial charge in [0, 0.05) is 24.7 Å². The predicted octanol–water partition coefficient (Wildman–Crippen LogP) is 3.29. The molecule has 27 heavy (non-hydrogen) atoms. The number of halogens is 1. The fourth-order valence-corrected chi connectivity index (χ4v) is 3.49. The van der Waals surface area contributed by atoms with Gasteiger partial charge in [0.1, 0.15) is 12.2 Å². The fourth-order valence-electron chi connectivity index (χ4n) is 3.27. The Balaban J connectivity index is 1.37. The van der Waals surface area contributed by atoms with E-state index in [2.05, 4.69) is 20.7 Å². The lowest BCUT2D eigenvalue weighted by Crippen LogP contribution is -2.37. The van der Waals surface area contributed by atoms with Crippen LogP contribution in [-0.2, 0) is 19.5 Å². The van der Waals surface area contributed by atoms with Gasteiger partial charge in [0.15, 0.2) is 0 Å². The van der Waals surface area contributed by atoms with Gasteiger partial charge in [-0.3, -0.25) is 4.79 Å². The first kappa shape index (κ1) is 17.7. The van der Waals surface area contributed by atoms with Gasteiger partial charge in [-0.1, -0.05) is 35.9 Å². The molecule has 2 aromatic carbocycles. The Morgan fingerprint density at radius 2 is 2.11 bits per heavy atom. The van der Waals surface area contributed by atoms with Crippen LogP contribution in [0.5, 0.6) is 0 Å². The van der Waals surface area contributed by atoms with Gasteiger partial charge < -0.3 is 10.6 Å². The van der Waals surface area contributed by atoms with E-state index >= 15 is 0 Å². The zero-order chi connectivity index (χ0) is 18.6. The number of rotatable bonds is 5. The molecule has 0 fully saturated rings. The molecule has 1 unspecified atom stereocenters. The van der Waals surface area contributed by atoms with E-state index in [9.17, 15) is 4.79 Å². The SMILES string of the molecule is O=C(Nc1cccc(CNC2CCc3ncnn3C2)c1)c1ccccc1Cl. The van der Waals surface area contributed by atoms with Gasteiger partial charge in [-0.15, -0.1) is 0 Å². The van der Waals surface area contributed by atoms with Gasteiger partial charge in [-0.05, 0) is 36.2 Å². The molecule has 0 spiro atoms. The quantitative estimate of drug-likeness (QED) is 0.711. The number of carbonyl (C=O) groups is 1. The highest BCUT2D eigenvalue weighted by Crippen LogP contribution is 2.18. The van der Waals surface area contributed by atoms with E-state index in [1.165, 1.54) is 0 Å². The Kier molecular flexibility index (Phi) is 5.18. The van der Waals surface area contributed by atoms with Crippen molar-refractivity contribution >= 4 is 23.2 Å². The van der Waals surface area contributed by atoms with Gasteiger partial charge in [-0.25, -0.2) is 9.67 Å². The van der Waals surface area contributed by atoms with Crippen molar-refractivity contribution in [1.29, 1.82) is 0 Å². The van der Waals surface area contributed by atoms with E-state index in [1.54, 1.807) is 30.6 Å². The number of carbonyl (C=O) groups excluding carboxylic acids is 1. The number of hydrogen-bond acceptors (Lipinski definition) is 4. The van der Waals surface area contributed by atoms with Crippen LogP contribution in [0.1, 0.15) is 28.2 Å². The van der Waals surface area contributed by atoms with E-state index in [0.717, 1.165) is 43.0 Å². The van der Waals surface area contributed by atoms with Gasteiger partial charge in [-0.2, -0.15) is 5.10 Å². The van der Waals surface area contributed by atoms with Crippen LogP contribution in [0.2, 0.25) is 5.02 Å². The second kappa shape index (κ2) is 7.90. The van der Waals surface area contributed by atoms with E-state index < -0.39 is 0 Å². The third-order valence-electron chi connectivity index (χ3n) is 4.70. The monoisotopic (exact) mass is 381 g/mol. The molecule has 0 aliphatic carbocycles. The van der Waals surface area contributed by atoms with E-state index in [0.29, 0.717) is 16.6 Å². The van der Waals surface area contributed by atoms with Crippen molar-refractivity contribution in [2.45, 2.75) is 32.0 Å². The maximum atomic E-state index is 12.4. The number of aryl methyl sites for hydroxylation is 1.